The third-order valence-electron chi connectivity index (χ3n) is 3.83. The molecule has 20 heavy (non-hydrogen) atoms. The van der Waals surface area contributed by atoms with E-state index in [1.54, 1.807) is 0 Å². The smallest absolute Gasteiger partial charge is 0.0456 e. The molecular formula is C17H27Cl2N. The van der Waals surface area contributed by atoms with Crippen LogP contribution in [0.1, 0.15) is 58.9 Å². The SMILES string of the molecule is CCC(CC)C(CNC(C)(C)C)c1ccc(Cl)cc1Cl. The summed E-state index contributed by atoms with van der Waals surface area (Å²) in [7, 11) is 0. The summed E-state index contributed by atoms with van der Waals surface area (Å²) in [4.78, 5) is 0. The molecule has 0 spiro atoms. The van der Waals surface area contributed by atoms with Crippen molar-refractivity contribution in [3.05, 3.63) is 33.8 Å². The Kier molecular flexibility index (Phi) is 6.84. The lowest BCUT2D eigenvalue weighted by Gasteiger charge is -2.31. The first-order chi connectivity index (χ1) is 9.28. The molecule has 1 atom stereocenters. The largest absolute Gasteiger partial charge is 0.311 e. The molecule has 0 fully saturated rings. The topological polar surface area (TPSA) is 12.0 Å². The van der Waals surface area contributed by atoms with E-state index in [4.69, 9.17) is 23.2 Å². The molecule has 0 bridgehead atoms. The first-order valence-electron chi connectivity index (χ1n) is 7.48. The fraction of sp³-hybridized carbons (Fsp3) is 0.647. The van der Waals surface area contributed by atoms with E-state index in [2.05, 4.69) is 46.0 Å². The lowest BCUT2D eigenvalue weighted by molar-refractivity contribution is 0.335. The number of hydrogen-bond donors (Lipinski definition) is 1. The Bertz CT molecular complexity index is 419. The normalized spacial score (nSPS) is 13.8. The molecule has 0 heterocycles. The molecule has 0 aliphatic carbocycles. The summed E-state index contributed by atoms with van der Waals surface area (Å²) < 4.78 is 0. The van der Waals surface area contributed by atoms with Crippen molar-refractivity contribution in [2.45, 2.75) is 58.9 Å². The Morgan fingerprint density at radius 3 is 2.15 bits per heavy atom. The summed E-state index contributed by atoms with van der Waals surface area (Å²) in [6.45, 7) is 12.0. The molecule has 0 radical (unpaired) electrons. The van der Waals surface area contributed by atoms with Crippen molar-refractivity contribution in [2.24, 2.45) is 5.92 Å². The van der Waals surface area contributed by atoms with Gasteiger partial charge < -0.3 is 5.32 Å². The molecule has 1 rings (SSSR count). The van der Waals surface area contributed by atoms with E-state index >= 15 is 0 Å². The first kappa shape index (κ1) is 17.8. The molecule has 0 aliphatic rings. The lowest BCUT2D eigenvalue weighted by atomic mass is 9.82. The van der Waals surface area contributed by atoms with E-state index in [9.17, 15) is 0 Å². The second kappa shape index (κ2) is 7.68. The highest BCUT2D eigenvalue weighted by Gasteiger charge is 2.24. The van der Waals surface area contributed by atoms with Gasteiger partial charge in [-0.3, -0.25) is 0 Å². The summed E-state index contributed by atoms with van der Waals surface area (Å²) in [5, 5.41) is 5.10. The predicted molar refractivity (Wildman–Crippen MR) is 91.0 cm³/mol. The minimum Gasteiger partial charge on any atom is -0.311 e. The van der Waals surface area contributed by atoms with Gasteiger partial charge in [-0.25, -0.2) is 0 Å². The third kappa shape index (κ3) is 5.27. The molecule has 1 aromatic carbocycles. The standard InChI is InChI=1S/C17H27Cl2N/c1-6-12(7-2)15(11-20-17(3,4)5)14-9-8-13(18)10-16(14)19/h8-10,12,15,20H,6-7,11H2,1-5H3. The summed E-state index contributed by atoms with van der Waals surface area (Å²) in [5.74, 6) is 1.05. The van der Waals surface area contributed by atoms with E-state index in [0.717, 1.165) is 24.4 Å². The Morgan fingerprint density at radius 1 is 1.10 bits per heavy atom. The van der Waals surface area contributed by atoms with Gasteiger partial charge in [-0.2, -0.15) is 0 Å². The van der Waals surface area contributed by atoms with Gasteiger partial charge in [0.25, 0.3) is 0 Å². The Labute approximate surface area is 134 Å². The van der Waals surface area contributed by atoms with Crippen molar-refractivity contribution in [1.82, 2.24) is 5.32 Å². The van der Waals surface area contributed by atoms with Crippen LogP contribution in [-0.4, -0.2) is 12.1 Å². The van der Waals surface area contributed by atoms with Gasteiger partial charge in [-0.1, -0.05) is 56.0 Å². The van der Waals surface area contributed by atoms with E-state index in [1.165, 1.54) is 5.56 Å². The van der Waals surface area contributed by atoms with Crippen LogP contribution in [0.25, 0.3) is 0 Å². The predicted octanol–water partition coefficient (Wildman–Crippen LogP) is 5.90. The van der Waals surface area contributed by atoms with Crippen LogP contribution >= 0.6 is 23.2 Å². The zero-order valence-electron chi connectivity index (χ0n) is 13.3. The quantitative estimate of drug-likeness (QED) is 0.689. The number of halogens is 2. The Morgan fingerprint density at radius 2 is 1.70 bits per heavy atom. The molecule has 1 N–H and O–H groups in total. The van der Waals surface area contributed by atoms with Crippen LogP contribution in [0.15, 0.2) is 18.2 Å². The molecule has 1 aromatic rings. The van der Waals surface area contributed by atoms with Crippen LogP contribution in [0, 0.1) is 5.92 Å². The molecule has 0 aliphatic heterocycles. The van der Waals surface area contributed by atoms with E-state index in [1.807, 2.05) is 12.1 Å². The van der Waals surface area contributed by atoms with Crippen LogP contribution in [-0.2, 0) is 0 Å². The van der Waals surface area contributed by atoms with Crippen LogP contribution in [0.3, 0.4) is 0 Å². The number of hydrogen-bond acceptors (Lipinski definition) is 1. The summed E-state index contributed by atoms with van der Waals surface area (Å²) in [6, 6.07) is 5.87. The summed E-state index contributed by atoms with van der Waals surface area (Å²) >= 11 is 12.4. The van der Waals surface area contributed by atoms with E-state index in [0.29, 0.717) is 16.9 Å². The van der Waals surface area contributed by atoms with Crippen LogP contribution in [0.2, 0.25) is 10.0 Å². The van der Waals surface area contributed by atoms with Gasteiger partial charge in [0.05, 0.1) is 0 Å². The molecule has 1 nitrogen and oxygen atoms in total. The van der Waals surface area contributed by atoms with Crippen molar-refractivity contribution in [3.8, 4) is 0 Å². The molecule has 0 saturated carbocycles. The molecule has 114 valence electrons. The minimum absolute atomic E-state index is 0.114. The molecule has 1 unspecified atom stereocenters. The maximum absolute atomic E-state index is 6.42. The van der Waals surface area contributed by atoms with Crippen molar-refractivity contribution in [1.29, 1.82) is 0 Å². The van der Waals surface area contributed by atoms with Crippen LogP contribution in [0.5, 0.6) is 0 Å². The van der Waals surface area contributed by atoms with Crippen LogP contribution in [0.4, 0.5) is 0 Å². The Balaban J connectivity index is 3.02. The average Bonchev–Trinajstić information content (AvgIpc) is 2.34. The molecule has 0 saturated heterocycles. The summed E-state index contributed by atoms with van der Waals surface area (Å²) in [6.07, 6.45) is 2.32. The number of benzene rings is 1. The van der Waals surface area contributed by atoms with E-state index < -0.39 is 0 Å². The fourth-order valence-electron chi connectivity index (χ4n) is 2.61. The van der Waals surface area contributed by atoms with Crippen molar-refractivity contribution in [3.63, 3.8) is 0 Å². The van der Waals surface area contributed by atoms with Gasteiger partial charge in [0.1, 0.15) is 0 Å². The molecule has 0 amide bonds. The van der Waals surface area contributed by atoms with Gasteiger partial charge >= 0.3 is 0 Å². The third-order valence-corrected chi connectivity index (χ3v) is 4.39. The van der Waals surface area contributed by atoms with Crippen molar-refractivity contribution in [2.75, 3.05) is 6.54 Å². The second-order valence-corrected chi connectivity index (χ2v) is 7.32. The van der Waals surface area contributed by atoms with Gasteiger partial charge in [0.2, 0.25) is 0 Å². The highest BCUT2D eigenvalue weighted by atomic mass is 35.5. The summed E-state index contributed by atoms with van der Waals surface area (Å²) in [5.41, 5.74) is 1.32. The van der Waals surface area contributed by atoms with Crippen molar-refractivity contribution >= 4 is 23.2 Å². The monoisotopic (exact) mass is 315 g/mol. The molecular weight excluding hydrogens is 289 g/mol. The van der Waals surface area contributed by atoms with Gasteiger partial charge in [0.15, 0.2) is 0 Å². The minimum atomic E-state index is 0.114. The zero-order valence-corrected chi connectivity index (χ0v) is 14.8. The highest BCUT2D eigenvalue weighted by Crippen LogP contribution is 2.35. The maximum atomic E-state index is 6.42. The molecule has 0 aromatic heterocycles. The first-order valence-corrected chi connectivity index (χ1v) is 8.24. The molecule has 3 heteroatoms. The van der Waals surface area contributed by atoms with Gasteiger partial charge in [0, 0.05) is 28.0 Å². The zero-order chi connectivity index (χ0) is 15.3. The number of nitrogens with one attached hydrogen (secondary N) is 1. The van der Waals surface area contributed by atoms with E-state index in [-0.39, 0.29) is 5.54 Å². The average molecular weight is 316 g/mol. The van der Waals surface area contributed by atoms with Crippen molar-refractivity contribution < 1.29 is 0 Å². The highest BCUT2D eigenvalue weighted by molar-refractivity contribution is 6.35. The van der Waals surface area contributed by atoms with Gasteiger partial charge in [-0.05, 0) is 44.4 Å². The number of rotatable bonds is 6. The fourth-order valence-corrected chi connectivity index (χ4v) is 3.16. The second-order valence-electron chi connectivity index (χ2n) is 6.48. The lowest BCUT2D eigenvalue weighted by Crippen LogP contribution is -2.40. The van der Waals surface area contributed by atoms with Crippen LogP contribution < -0.4 is 5.32 Å². The maximum Gasteiger partial charge on any atom is 0.0456 e. The Hall–Kier alpha value is -0.240. The van der Waals surface area contributed by atoms with Gasteiger partial charge in [-0.15, -0.1) is 0 Å².